The summed E-state index contributed by atoms with van der Waals surface area (Å²) in [5.41, 5.74) is 3.24. The van der Waals surface area contributed by atoms with Gasteiger partial charge in [-0.1, -0.05) is 11.6 Å². The number of amides is 2. The van der Waals surface area contributed by atoms with Gasteiger partial charge in [0.25, 0.3) is 0 Å². The molecule has 0 saturated carbocycles. The lowest BCUT2D eigenvalue weighted by molar-refractivity contribution is -0.136. The summed E-state index contributed by atoms with van der Waals surface area (Å²) in [6, 6.07) is 8.03. The molecule has 0 spiro atoms. The van der Waals surface area contributed by atoms with Crippen molar-refractivity contribution in [1.29, 1.82) is 0 Å². The summed E-state index contributed by atoms with van der Waals surface area (Å²) in [6.45, 7) is 0. The second-order valence-corrected chi connectivity index (χ2v) is 4.69. The number of hydrazone groups is 1. The van der Waals surface area contributed by atoms with Gasteiger partial charge in [-0.05, 0) is 35.9 Å². The van der Waals surface area contributed by atoms with Crippen LogP contribution in [0.2, 0.25) is 5.02 Å². The molecule has 0 aliphatic rings. The number of hydrogen-bond acceptors (Lipinski definition) is 5. The Morgan fingerprint density at radius 1 is 1.22 bits per heavy atom. The van der Waals surface area contributed by atoms with Crippen LogP contribution in [-0.4, -0.2) is 30.1 Å². The van der Waals surface area contributed by atoms with Gasteiger partial charge in [-0.25, -0.2) is 5.43 Å². The molecule has 0 unspecified atom stereocenters. The van der Waals surface area contributed by atoms with E-state index in [0.29, 0.717) is 16.5 Å². The number of pyridine rings is 1. The highest BCUT2D eigenvalue weighted by atomic mass is 35.5. The molecule has 2 rings (SSSR count). The molecule has 8 heteroatoms. The number of nitrogens with one attached hydrogen (secondary N) is 2. The number of halogens is 1. The molecule has 2 N–H and O–H groups in total. The summed E-state index contributed by atoms with van der Waals surface area (Å²) in [5.74, 6) is -1.29. The van der Waals surface area contributed by atoms with Crippen molar-refractivity contribution in [2.24, 2.45) is 5.10 Å². The zero-order valence-corrected chi connectivity index (χ0v) is 12.9. The molecule has 23 heavy (non-hydrogen) atoms. The Balaban J connectivity index is 1.91. The Labute approximate surface area is 137 Å². The molecule has 0 saturated heterocycles. The summed E-state index contributed by atoms with van der Waals surface area (Å²) in [5, 5.41) is 6.42. The quantitative estimate of drug-likeness (QED) is 0.507. The van der Waals surface area contributed by atoms with Crippen LogP contribution in [0.1, 0.15) is 5.56 Å². The molecule has 0 bridgehead atoms. The van der Waals surface area contributed by atoms with Crippen LogP contribution in [0.15, 0.2) is 47.8 Å². The third-order valence-electron chi connectivity index (χ3n) is 2.70. The van der Waals surface area contributed by atoms with E-state index in [0.717, 1.165) is 5.56 Å². The SMILES string of the molecule is COc1ccc(NC(=O)C(=O)N/N=C\c2ccncc2)cc1Cl. The maximum absolute atomic E-state index is 11.7. The fourth-order valence-corrected chi connectivity index (χ4v) is 1.86. The molecule has 0 radical (unpaired) electrons. The zero-order valence-electron chi connectivity index (χ0n) is 12.1. The van der Waals surface area contributed by atoms with Gasteiger partial charge in [0, 0.05) is 18.1 Å². The van der Waals surface area contributed by atoms with Crippen LogP contribution in [0.3, 0.4) is 0 Å². The van der Waals surface area contributed by atoms with Crippen LogP contribution >= 0.6 is 11.6 Å². The van der Waals surface area contributed by atoms with Crippen molar-refractivity contribution in [3.8, 4) is 5.75 Å². The Morgan fingerprint density at radius 3 is 2.61 bits per heavy atom. The van der Waals surface area contributed by atoms with Gasteiger partial charge < -0.3 is 10.1 Å². The lowest BCUT2D eigenvalue weighted by Gasteiger charge is -2.07. The number of nitrogens with zero attached hydrogens (tertiary/aromatic N) is 2. The maximum atomic E-state index is 11.7. The molecule has 0 aliphatic heterocycles. The van der Waals surface area contributed by atoms with E-state index in [2.05, 4.69) is 20.8 Å². The monoisotopic (exact) mass is 332 g/mol. The first kappa shape index (κ1) is 16.4. The fourth-order valence-electron chi connectivity index (χ4n) is 1.60. The third kappa shape index (κ3) is 4.79. The lowest BCUT2D eigenvalue weighted by atomic mass is 10.3. The van der Waals surface area contributed by atoms with Crippen LogP contribution in [0.4, 0.5) is 5.69 Å². The highest BCUT2D eigenvalue weighted by Gasteiger charge is 2.13. The zero-order chi connectivity index (χ0) is 16.7. The molecular weight excluding hydrogens is 320 g/mol. The number of aromatic nitrogens is 1. The van der Waals surface area contributed by atoms with Crippen molar-refractivity contribution in [2.75, 3.05) is 12.4 Å². The molecule has 1 aromatic carbocycles. The van der Waals surface area contributed by atoms with Gasteiger partial charge in [-0.15, -0.1) is 0 Å². The molecule has 2 aromatic rings. The smallest absolute Gasteiger partial charge is 0.329 e. The Kier molecular flexibility index (Phi) is 5.65. The first-order valence-electron chi connectivity index (χ1n) is 6.48. The van der Waals surface area contributed by atoms with Gasteiger partial charge >= 0.3 is 11.8 Å². The second kappa shape index (κ2) is 7.90. The van der Waals surface area contributed by atoms with Crippen molar-refractivity contribution in [2.45, 2.75) is 0 Å². The van der Waals surface area contributed by atoms with E-state index in [-0.39, 0.29) is 0 Å². The number of methoxy groups -OCH3 is 1. The van der Waals surface area contributed by atoms with E-state index in [1.165, 1.54) is 19.4 Å². The predicted molar refractivity (Wildman–Crippen MR) is 86.6 cm³/mol. The third-order valence-corrected chi connectivity index (χ3v) is 3.00. The first-order valence-corrected chi connectivity index (χ1v) is 6.86. The van der Waals surface area contributed by atoms with E-state index in [9.17, 15) is 9.59 Å². The van der Waals surface area contributed by atoms with Crippen LogP contribution in [-0.2, 0) is 9.59 Å². The average molecular weight is 333 g/mol. The first-order chi connectivity index (χ1) is 11.1. The minimum atomic E-state index is -0.901. The number of ether oxygens (including phenoxy) is 1. The summed E-state index contributed by atoms with van der Waals surface area (Å²) in [7, 11) is 1.48. The van der Waals surface area contributed by atoms with E-state index in [1.54, 1.807) is 36.7 Å². The van der Waals surface area contributed by atoms with Gasteiger partial charge in [0.2, 0.25) is 0 Å². The summed E-state index contributed by atoms with van der Waals surface area (Å²) >= 11 is 5.94. The fraction of sp³-hybridized carbons (Fsp3) is 0.0667. The van der Waals surface area contributed by atoms with Crippen molar-refractivity contribution >= 4 is 35.3 Å². The van der Waals surface area contributed by atoms with E-state index in [1.807, 2.05) is 0 Å². The topological polar surface area (TPSA) is 92.7 Å². The predicted octanol–water partition coefficient (Wildman–Crippen LogP) is 1.83. The van der Waals surface area contributed by atoms with Gasteiger partial charge in [-0.3, -0.25) is 14.6 Å². The highest BCUT2D eigenvalue weighted by molar-refractivity contribution is 6.40. The maximum Gasteiger partial charge on any atom is 0.329 e. The molecule has 1 aromatic heterocycles. The summed E-state index contributed by atoms with van der Waals surface area (Å²) in [6.07, 6.45) is 4.57. The standard InChI is InChI=1S/C15H13ClN4O3/c1-23-13-3-2-11(8-12(13)16)19-14(21)15(22)20-18-9-10-4-6-17-7-5-10/h2-9H,1H3,(H,19,21)(H,20,22)/b18-9-. The van der Waals surface area contributed by atoms with Crippen LogP contribution in [0.25, 0.3) is 0 Å². The Morgan fingerprint density at radius 2 is 1.96 bits per heavy atom. The molecule has 0 fully saturated rings. The largest absolute Gasteiger partial charge is 0.495 e. The average Bonchev–Trinajstić information content (AvgIpc) is 2.56. The number of rotatable bonds is 4. The molecule has 2 amide bonds. The van der Waals surface area contributed by atoms with Gasteiger partial charge in [0.15, 0.2) is 0 Å². The minimum Gasteiger partial charge on any atom is -0.495 e. The number of benzene rings is 1. The van der Waals surface area contributed by atoms with Crippen LogP contribution < -0.4 is 15.5 Å². The van der Waals surface area contributed by atoms with Crippen molar-refractivity contribution in [3.63, 3.8) is 0 Å². The minimum absolute atomic E-state index is 0.321. The highest BCUT2D eigenvalue weighted by Crippen LogP contribution is 2.27. The number of carbonyl (C=O) groups excluding carboxylic acids is 2. The van der Waals surface area contributed by atoms with Crippen molar-refractivity contribution in [3.05, 3.63) is 53.3 Å². The van der Waals surface area contributed by atoms with E-state index >= 15 is 0 Å². The van der Waals surface area contributed by atoms with E-state index < -0.39 is 11.8 Å². The molecule has 118 valence electrons. The summed E-state index contributed by atoms with van der Waals surface area (Å²) in [4.78, 5) is 27.2. The normalized spacial score (nSPS) is 10.3. The van der Waals surface area contributed by atoms with Gasteiger partial charge in [0.05, 0.1) is 18.3 Å². The van der Waals surface area contributed by atoms with Crippen molar-refractivity contribution < 1.29 is 14.3 Å². The molecule has 0 aliphatic carbocycles. The number of carbonyl (C=O) groups is 2. The summed E-state index contributed by atoms with van der Waals surface area (Å²) < 4.78 is 5.00. The van der Waals surface area contributed by atoms with Crippen molar-refractivity contribution in [1.82, 2.24) is 10.4 Å². The molecular formula is C15H13ClN4O3. The molecule has 0 atom stereocenters. The second-order valence-electron chi connectivity index (χ2n) is 4.28. The van der Waals surface area contributed by atoms with Crippen LogP contribution in [0, 0.1) is 0 Å². The number of anilines is 1. The van der Waals surface area contributed by atoms with E-state index in [4.69, 9.17) is 16.3 Å². The molecule has 1 heterocycles. The Bertz CT molecular complexity index is 735. The lowest BCUT2D eigenvalue weighted by Crippen LogP contribution is -2.32. The molecule has 7 nitrogen and oxygen atoms in total. The van der Waals surface area contributed by atoms with Gasteiger partial charge in [0.1, 0.15) is 5.75 Å². The van der Waals surface area contributed by atoms with Gasteiger partial charge in [-0.2, -0.15) is 5.10 Å². The number of hydrogen-bond donors (Lipinski definition) is 2. The van der Waals surface area contributed by atoms with Crippen LogP contribution in [0.5, 0.6) is 5.75 Å². The Hall–Kier alpha value is -2.93.